The van der Waals surface area contributed by atoms with Gasteiger partial charge in [-0.15, -0.1) is 0 Å². The number of hydrogen-bond acceptors (Lipinski definition) is 3. The molecule has 0 unspecified atom stereocenters. The van der Waals surface area contributed by atoms with Gasteiger partial charge in [0.05, 0.1) is 11.4 Å². The van der Waals surface area contributed by atoms with Crippen LogP contribution in [0.1, 0.15) is 27.2 Å². The van der Waals surface area contributed by atoms with Crippen LogP contribution < -0.4 is 11.1 Å². The Balaban J connectivity index is 1.91. The summed E-state index contributed by atoms with van der Waals surface area (Å²) in [6.45, 7) is 6.48. The lowest BCUT2D eigenvalue weighted by atomic mass is 9.95. The molecule has 0 aromatic heterocycles. The summed E-state index contributed by atoms with van der Waals surface area (Å²) < 4.78 is 0. The number of anilines is 2. The number of nitrogen functional groups attached to an aromatic ring is 1. The van der Waals surface area contributed by atoms with E-state index in [-0.39, 0.29) is 5.41 Å². The minimum atomic E-state index is 0.286. The monoisotopic (exact) mass is 256 g/mol. The molecule has 19 heavy (non-hydrogen) atoms. The van der Waals surface area contributed by atoms with Crippen molar-refractivity contribution < 1.29 is 4.79 Å². The molecule has 3 N–H and O–H groups in total. The predicted octanol–water partition coefficient (Wildman–Crippen LogP) is 3.20. The Morgan fingerprint density at radius 3 is 2.68 bits per heavy atom. The van der Waals surface area contributed by atoms with Gasteiger partial charge in [0.2, 0.25) is 0 Å². The van der Waals surface area contributed by atoms with Crippen LogP contribution in [-0.4, -0.2) is 5.78 Å². The van der Waals surface area contributed by atoms with Gasteiger partial charge in [-0.2, -0.15) is 0 Å². The van der Waals surface area contributed by atoms with Crippen LogP contribution in [0.2, 0.25) is 0 Å². The molecule has 2 fully saturated rings. The fraction of sp³-hybridized carbons (Fsp3) is 0.438. The second-order valence-corrected chi connectivity index (χ2v) is 6.28. The van der Waals surface area contributed by atoms with Gasteiger partial charge in [0.25, 0.3) is 0 Å². The Labute approximate surface area is 113 Å². The molecule has 0 saturated heterocycles. The van der Waals surface area contributed by atoms with Crippen LogP contribution in [0, 0.1) is 17.3 Å². The molecule has 2 saturated carbocycles. The zero-order valence-electron chi connectivity index (χ0n) is 11.7. The molecule has 3 nitrogen and oxygen atoms in total. The smallest absolute Gasteiger partial charge is 0.161 e. The first-order valence-electron chi connectivity index (χ1n) is 6.78. The van der Waals surface area contributed by atoms with Crippen LogP contribution >= 0.6 is 0 Å². The number of nitrogens with one attached hydrogen (secondary N) is 1. The average molecular weight is 256 g/mol. The fourth-order valence-electron chi connectivity index (χ4n) is 3.50. The minimum absolute atomic E-state index is 0.286. The molecule has 1 aromatic carbocycles. The summed E-state index contributed by atoms with van der Waals surface area (Å²) in [5, 5.41) is 3.31. The summed E-state index contributed by atoms with van der Waals surface area (Å²) in [4.78, 5) is 12.1. The van der Waals surface area contributed by atoms with Crippen molar-refractivity contribution in [3.8, 4) is 0 Å². The molecule has 0 amide bonds. The first kappa shape index (κ1) is 12.3. The summed E-state index contributed by atoms with van der Waals surface area (Å²) >= 11 is 0. The number of para-hydroxylation sites is 2. The highest BCUT2D eigenvalue weighted by molar-refractivity contribution is 6.01. The van der Waals surface area contributed by atoms with Gasteiger partial charge in [-0.05, 0) is 36.3 Å². The predicted molar refractivity (Wildman–Crippen MR) is 77.6 cm³/mol. The first-order chi connectivity index (χ1) is 8.93. The Bertz CT molecular complexity index is 586. The third-order valence-corrected chi connectivity index (χ3v) is 4.75. The van der Waals surface area contributed by atoms with Crippen molar-refractivity contribution in [2.24, 2.45) is 17.3 Å². The Morgan fingerprint density at radius 1 is 1.37 bits per heavy atom. The molecule has 100 valence electrons. The highest BCUT2D eigenvalue weighted by Gasteiger charge is 2.65. The van der Waals surface area contributed by atoms with Gasteiger partial charge in [0.15, 0.2) is 5.78 Å². The first-order valence-corrected chi connectivity index (χ1v) is 6.78. The molecular weight excluding hydrogens is 236 g/mol. The molecule has 0 heterocycles. The molecule has 0 aliphatic heterocycles. The van der Waals surface area contributed by atoms with E-state index in [0.717, 1.165) is 17.0 Å². The quantitative estimate of drug-likeness (QED) is 0.631. The normalized spacial score (nSPS) is 29.9. The second kappa shape index (κ2) is 3.86. The maximum atomic E-state index is 12.1. The van der Waals surface area contributed by atoms with E-state index in [9.17, 15) is 4.79 Å². The van der Waals surface area contributed by atoms with E-state index in [1.54, 1.807) is 0 Å². The van der Waals surface area contributed by atoms with Crippen LogP contribution in [0.25, 0.3) is 0 Å². The van der Waals surface area contributed by atoms with Gasteiger partial charge in [0.1, 0.15) is 0 Å². The molecule has 2 aliphatic carbocycles. The van der Waals surface area contributed by atoms with E-state index in [4.69, 9.17) is 5.73 Å². The lowest BCUT2D eigenvalue weighted by Gasteiger charge is -2.15. The molecule has 3 rings (SSSR count). The topological polar surface area (TPSA) is 55.1 Å². The molecule has 3 heteroatoms. The molecule has 2 atom stereocenters. The number of ketones is 1. The zero-order valence-corrected chi connectivity index (χ0v) is 11.7. The van der Waals surface area contributed by atoms with E-state index >= 15 is 0 Å². The Hall–Kier alpha value is -1.77. The number of nitrogens with two attached hydrogens (primary N) is 1. The van der Waals surface area contributed by atoms with E-state index in [1.165, 1.54) is 0 Å². The number of hydrogen-bond donors (Lipinski definition) is 2. The Kier molecular flexibility index (Phi) is 2.49. The maximum Gasteiger partial charge on any atom is 0.161 e. The third kappa shape index (κ3) is 1.76. The lowest BCUT2D eigenvalue weighted by molar-refractivity contribution is -0.115. The van der Waals surface area contributed by atoms with Gasteiger partial charge >= 0.3 is 0 Å². The van der Waals surface area contributed by atoms with Crippen LogP contribution in [0.5, 0.6) is 0 Å². The third-order valence-electron chi connectivity index (χ3n) is 4.75. The maximum absolute atomic E-state index is 12.1. The summed E-state index contributed by atoms with van der Waals surface area (Å²) in [7, 11) is 0. The van der Waals surface area contributed by atoms with Gasteiger partial charge < -0.3 is 11.1 Å². The number of carbonyl (C=O) groups excluding carboxylic acids is 1. The van der Waals surface area contributed by atoms with Gasteiger partial charge in [-0.25, -0.2) is 0 Å². The van der Waals surface area contributed by atoms with E-state index in [0.29, 0.717) is 29.7 Å². The zero-order chi connectivity index (χ0) is 13.8. The number of benzene rings is 1. The lowest BCUT2D eigenvalue weighted by Crippen LogP contribution is -2.12. The van der Waals surface area contributed by atoms with Crippen molar-refractivity contribution in [3.63, 3.8) is 0 Å². The van der Waals surface area contributed by atoms with E-state index < -0.39 is 0 Å². The summed E-state index contributed by atoms with van der Waals surface area (Å²) in [5.41, 5.74) is 9.75. The van der Waals surface area contributed by atoms with Crippen LogP contribution in [0.4, 0.5) is 11.4 Å². The van der Waals surface area contributed by atoms with Gasteiger partial charge in [-0.1, -0.05) is 26.0 Å². The number of rotatable bonds is 2. The van der Waals surface area contributed by atoms with Crippen LogP contribution in [0.3, 0.4) is 0 Å². The molecule has 0 bridgehead atoms. The standard InChI is InChI=1S/C16H20N2O/c1-9(18-12-7-5-4-6-11(12)17)14-13(19)8-10-15(14)16(10,2)3/h4-7,10,15,18H,8,17H2,1-3H3/b14-9-/t10-,15-/m0/s1. The van der Waals surface area contributed by atoms with Crippen LogP contribution in [0.15, 0.2) is 35.5 Å². The van der Waals surface area contributed by atoms with Gasteiger partial charge in [0, 0.05) is 17.7 Å². The average Bonchev–Trinajstić information content (AvgIpc) is 2.72. The minimum Gasteiger partial charge on any atom is -0.397 e. The highest BCUT2D eigenvalue weighted by atomic mass is 16.1. The van der Waals surface area contributed by atoms with Crippen molar-refractivity contribution in [2.75, 3.05) is 11.1 Å². The van der Waals surface area contributed by atoms with Crippen molar-refractivity contribution in [1.82, 2.24) is 0 Å². The van der Waals surface area contributed by atoms with E-state index in [2.05, 4.69) is 19.2 Å². The van der Waals surface area contributed by atoms with Crippen molar-refractivity contribution in [2.45, 2.75) is 27.2 Å². The van der Waals surface area contributed by atoms with Crippen molar-refractivity contribution >= 4 is 17.2 Å². The number of allylic oxidation sites excluding steroid dienone is 2. The second-order valence-electron chi connectivity index (χ2n) is 6.28. The molecule has 1 aromatic rings. The molecule has 2 aliphatic rings. The number of Topliss-reactive ketones (excluding diaryl/α,β-unsaturated/α-hetero) is 1. The molecular formula is C16H20N2O. The Morgan fingerprint density at radius 2 is 2.05 bits per heavy atom. The molecule has 0 spiro atoms. The fourth-order valence-corrected chi connectivity index (χ4v) is 3.50. The summed E-state index contributed by atoms with van der Waals surface area (Å²) in [6, 6.07) is 7.65. The SMILES string of the molecule is C/C(Nc1ccccc1N)=C1\C(=O)C[C@H]2[C@@H]1C2(C)C. The largest absolute Gasteiger partial charge is 0.397 e. The molecule has 0 radical (unpaired) electrons. The van der Waals surface area contributed by atoms with Gasteiger partial charge in [-0.3, -0.25) is 4.79 Å². The van der Waals surface area contributed by atoms with E-state index in [1.807, 2.05) is 31.2 Å². The highest BCUT2D eigenvalue weighted by Crippen LogP contribution is 2.68. The van der Waals surface area contributed by atoms with Crippen LogP contribution in [-0.2, 0) is 4.79 Å². The van der Waals surface area contributed by atoms with Crippen molar-refractivity contribution in [3.05, 3.63) is 35.5 Å². The van der Waals surface area contributed by atoms with Crippen molar-refractivity contribution in [1.29, 1.82) is 0 Å². The number of fused-ring (bicyclic) bond motifs is 1. The summed E-state index contributed by atoms with van der Waals surface area (Å²) in [5.74, 6) is 1.27. The summed E-state index contributed by atoms with van der Waals surface area (Å²) in [6.07, 6.45) is 0.705. The number of carbonyl (C=O) groups is 1.